The number of nitrogens with one attached hydrogen (secondary N) is 1. The highest BCUT2D eigenvalue weighted by Gasteiger charge is 2.09. The summed E-state index contributed by atoms with van der Waals surface area (Å²) >= 11 is 5.91. The fourth-order valence-corrected chi connectivity index (χ4v) is 1.53. The molecule has 0 amide bonds. The molecule has 0 aliphatic rings. The average Bonchev–Trinajstić information content (AvgIpc) is 2.86. The summed E-state index contributed by atoms with van der Waals surface area (Å²) in [7, 11) is 0. The highest BCUT2D eigenvalue weighted by molar-refractivity contribution is 6.32. The second kappa shape index (κ2) is 5.38. The number of aromatic nitrogens is 3. The zero-order chi connectivity index (χ0) is 13.0. The van der Waals surface area contributed by atoms with Crippen LogP contribution < -0.4 is 10.9 Å². The van der Waals surface area contributed by atoms with Gasteiger partial charge in [0, 0.05) is 6.07 Å². The van der Waals surface area contributed by atoms with Gasteiger partial charge in [0.05, 0.1) is 17.8 Å². The van der Waals surface area contributed by atoms with Gasteiger partial charge in [-0.25, -0.2) is 4.68 Å². The fraction of sp³-hybridized carbons (Fsp3) is 0.182. The maximum atomic E-state index is 12.0. The second-order valence-corrected chi connectivity index (χ2v) is 3.79. The minimum absolute atomic E-state index is 0.0919. The van der Waals surface area contributed by atoms with Crippen LogP contribution in [0.2, 0.25) is 5.02 Å². The van der Waals surface area contributed by atoms with Crippen LogP contribution in [0.1, 0.15) is 5.69 Å². The van der Waals surface area contributed by atoms with Crippen molar-refractivity contribution in [1.82, 2.24) is 14.9 Å². The third-order valence-electron chi connectivity index (χ3n) is 2.18. The normalized spacial score (nSPS) is 10.0. The minimum Gasteiger partial charge on any atom is -0.373 e. The summed E-state index contributed by atoms with van der Waals surface area (Å²) in [4.78, 5) is 12.0. The maximum Gasteiger partial charge on any atom is 0.292 e. The summed E-state index contributed by atoms with van der Waals surface area (Å²) in [6.07, 6.45) is 7.96. The van der Waals surface area contributed by atoms with Crippen molar-refractivity contribution in [1.29, 1.82) is 0 Å². The van der Waals surface area contributed by atoms with E-state index in [2.05, 4.69) is 26.0 Å². The van der Waals surface area contributed by atoms with Crippen LogP contribution in [0.5, 0.6) is 0 Å². The third kappa shape index (κ3) is 2.52. The standard InChI is InChI=1S/C11H9ClN4O2/c1-2-4-16-11(17)10(9(12)7-14-16)13-6-8-3-5-18-15-8/h1,3,5,7,13H,4,6H2. The molecule has 0 aliphatic carbocycles. The highest BCUT2D eigenvalue weighted by atomic mass is 35.5. The van der Waals surface area contributed by atoms with E-state index in [4.69, 9.17) is 18.0 Å². The Kier molecular flexibility index (Phi) is 3.65. The van der Waals surface area contributed by atoms with Gasteiger partial charge in [-0.15, -0.1) is 6.42 Å². The summed E-state index contributed by atoms with van der Waals surface area (Å²) in [5.74, 6) is 2.34. The van der Waals surface area contributed by atoms with Crippen molar-refractivity contribution in [3.8, 4) is 12.3 Å². The van der Waals surface area contributed by atoms with Crippen molar-refractivity contribution in [2.45, 2.75) is 13.1 Å². The van der Waals surface area contributed by atoms with E-state index in [1.165, 1.54) is 12.5 Å². The van der Waals surface area contributed by atoms with Crippen LogP contribution in [0.15, 0.2) is 27.8 Å². The number of hydrogen-bond donors (Lipinski definition) is 1. The number of terminal acetylenes is 1. The predicted octanol–water partition coefficient (Wildman–Crippen LogP) is 1.13. The lowest BCUT2D eigenvalue weighted by molar-refractivity contribution is 0.412. The summed E-state index contributed by atoms with van der Waals surface area (Å²) in [5, 5.41) is 10.7. The monoisotopic (exact) mass is 264 g/mol. The van der Waals surface area contributed by atoms with Gasteiger partial charge in [-0.1, -0.05) is 22.7 Å². The van der Waals surface area contributed by atoms with E-state index in [1.807, 2.05) is 0 Å². The van der Waals surface area contributed by atoms with Gasteiger partial charge in [0.2, 0.25) is 0 Å². The molecule has 0 spiro atoms. The number of rotatable bonds is 4. The largest absolute Gasteiger partial charge is 0.373 e. The smallest absolute Gasteiger partial charge is 0.292 e. The molecule has 0 unspecified atom stereocenters. The Morgan fingerprint density at radius 1 is 1.61 bits per heavy atom. The molecule has 0 saturated heterocycles. The number of anilines is 1. The highest BCUT2D eigenvalue weighted by Crippen LogP contribution is 2.15. The Morgan fingerprint density at radius 3 is 3.11 bits per heavy atom. The molecule has 7 heteroatoms. The van der Waals surface area contributed by atoms with E-state index in [9.17, 15) is 4.79 Å². The molecule has 18 heavy (non-hydrogen) atoms. The first-order valence-electron chi connectivity index (χ1n) is 5.04. The van der Waals surface area contributed by atoms with Gasteiger partial charge in [-0.2, -0.15) is 5.10 Å². The maximum absolute atomic E-state index is 12.0. The summed E-state index contributed by atoms with van der Waals surface area (Å²) < 4.78 is 5.83. The summed E-state index contributed by atoms with van der Waals surface area (Å²) in [5.41, 5.74) is 0.527. The molecule has 6 nitrogen and oxygen atoms in total. The third-order valence-corrected chi connectivity index (χ3v) is 2.46. The molecule has 0 aromatic carbocycles. The minimum atomic E-state index is -0.371. The zero-order valence-corrected chi connectivity index (χ0v) is 10.0. The molecule has 1 N–H and O–H groups in total. The molecule has 92 valence electrons. The molecule has 0 saturated carbocycles. The van der Waals surface area contributed by atoms with Gasteiger partial charge >= 0.3 is 0 Å². The van der Waals surface area contributed by atoms with Gasteiger partial charge in [-0.3, -0.25) is 4.79 Å². The molecule has 0 radical (unpaired) electrons. The number of nitrogens with zero attached hydrogens (tertiary/aromatic N) is 3. The Labute approximate surface area is 108 Å². The molecular weight excluding hydrogens is 256 g/mol. The van der Waals surface area contributed by atoms with E-state index in [-0.39, 0.29) is 22.8 Å². The molecule has 0 atom stereocenters. The van der Waals surface area contributed by atoms with Crippen molar-refractivity contribution < 1.29 is 4.52 Å². The van der Waals surface area contributed by atoms with Crippen molar-refractivity contribution in [3.63, 3.8) is 0 Å². The second-order valence-electron chi connectivity index (χ2n) is 3.38. The molecular formula is C11H9ClN4O2. The van der Waals surface area contributed by atoms with Gasteiger partial charge in [0.25, 0.3) is 5.56 Å². The van der Waals surface area contributed by atoms with Crippen molar-refractivity contribution in [2.24, 2.45) is 0 Å². The van der Waals surface area contributed by atoms with Gasteiger partial charge in [0.15, 0.2) is 0 Å². The van der Waals surface area contributed by atoms with Crippen LogP contribution in [-0.2, 0) is 13.1 Å². The van der Waals surface area contributed by atoms with Crippen LogP contribution in [0, 0.1) is 12.3 Å². The Morgan fingerprint density at radius 2 is 2.44 bits per heavy atom. The Bertz CT molecular complexity index is 627. The lowest BCUT2D eigenvalue weighted by Gasteiger charge is -2.07. The van der Waals surface area contributed by atoms with Gasteiger partial charge < -0.3 is 9.84 Å². The lowest BCUT2D eigenvalue weighted by atomic mass is 10.4. The number of halogens is 1. The number of hydrogen-bond acceptors (Lipinski definition) is 5. The van der Waals surface area contributed by atoms with Crippen molar-refractivity contribution >= 4 is 17.3 Å². The van der Waals surface area contributed by atoms with Gasteiger partial charge in [-0.05, 0) is 0 Å². The topological polar surface area (TPSA) is 73.0 Å². The first-order chi connectivity index (χ1) is 8.72. The van der Waals surface area contributed by atoms with Crippen LogP contribution in [0.3, 0.4) is 0 Å². The first-order valence-corrected chi connectivity index (χ1v) is 5.42. The van der Waals surface area contributed by atoms with Crippen molar-refractivity contribution in [2.75, 3.05) is 5.32 Å². The molecule has 0 fully saturated rings. The van der Waals surface area contributed by atoms with Crippen molar-refractivity contribution in [3.05, 3.63) is 39.6 Å². The summed E-state index contributed by atoms with van der Waals surface area (Å²) in [6, 6.07) is 1.68. The SMILES string of the molecule is C#CCn1ncc(Cl)c(NCc2ccon2)c1=O. The predicted molar refractivity (Wildman–Crippen MR) is 66.2 cm³/mol. The van der Waals surface area contributed by atoms with E-state index in [0.29, 0.717) is 12.2 Å². The average molecular weight is 265 g/mol. The Balaban J connectivity index is 2.24. The van der Waals surface area contributed by atoms with E-state index in [0.717, 1.165) is 4.68 Å². The van der Waals surface area contributed by atoms with E-state index in [1.54, 1.807) is 6.07 Å². The molecule has 2 aromatic rings. The zero-order valence-electron chi connectivity index (χ0n) is 9.26. The van der Waals surface area contributed by atoms with Crippen LogP contribution in [0.25, 0.3) is 0 Å². The van der Waals surface area contributed by atoms with E-state index < -0.39 is 0 Å². The molecule has 2 aromatic heterocycles. The molecule has 2 heterocycles. The van der Waals surface area contributed by atoms with Crippen LogP contribution in [0.4, 0.5) is 5.69 Å². The Hall–Kier alpha value is -2.26. The van der Waals surface area contributed by atoms with Crippen LogP contribution >= 0.6 is 11.6 Å². The van der Waals surface area contributed by atoms with E-state index >= 15 is 0 Å². The first kappa shape index (κ1) is 12.2. The van der Waals surface area contributed by atoms with Gasteiger partial charge in [0.1, 0.15) is 24.2 Å². The molecule has 2 rings (SSSR count). The molecule has 0 bridgehead atoms. The summed E-state index contributed by atoms with van der Waals surface area (Å²) in [6.45, 7) is 0.417. The molecule has 0 aliphatic heterocycles. The quantitative estimate of drug-likeness (QED) is 0.838. The lowest BCUT2D eigenvalue weighted by Crippen LogP contribution is -2.25. The fourth-order valence-electron chi connectivity index (χ4n) is 1.34. The van der Waals surface area contributed by atoms with Crippen LogP contribution in [-0.4, -0.2) is 14.9 Å².